The highest BCUT2D eigenvalue weighted by atomic mass is 35.5. The number of hydrogen-bond acceptors (Lipinski definition) is 2. The summed E-state index contributed by atoms with van der Waals surface area (Å²) in [6.07, 6.45) is -4.64. The molecule has 0 atom stereocenters. The van der Waals surface area contributed by atoms with Crippen molar-refractivity contribution in [1.82, 2.24) is 0 Å². The molecule has 2 amide bonds. The monoisotopic (exact) mass is 364 g/mol. The van der Waals surface area contributed by atoms with Crippen molar-refractivity contribution in [1.29, 1.82) is 0 Å². The standard InChI is InChI=1S/C14H9Cl2F3N2O2/c15-8-2-4-12(22)11(6-8)21(13(20)23)10-5-7(14(17,18)19)1-3-9(10)16/h1-6,22H,(H2,20,23). The quantitative estimate of drug-likeness (QED) is 0.792. The summed E-state index contributed by atoms with van der Waals surface area (Å²) in [4.78, 5) is 12.4. The third kappa shape index (κ3) is 3.62. The molecule has 2 aromatic rings. The van der Waals surface area contributed by atoms with Crippen LogP contribution in [-0.4, -0.2) is 11.1 Å². The number of benzene rings is 2. The fourth-order valence-electron chi connectivity index (χ4n) is 1.90. The number of nitrogens with zero attached hydrogens (tertiary/aromatic N) is 1. The van der Waals surface area contributed by atoms with Gasteiger partial charge in [0.05, 0.1) is 22.0 Å². The topological polar surface area (TPSA) is 66.6 Å². The van der Waals surface area contributed by atoms with Gasteiger partial charge in [-0.25, -0.2) is 4.79 Å². The Balaban J connectivity index is 2.68. The van der Waals surface area contributed by atoms with Crippen LogP contribution in [-0.2, 0) is 6.18 Å². The Morgan fingerprint density at radius 3 is 2.30 bits per heavy atom. The summed E-state index contributed by atoms with van der Waals surface area (Å²) >= 11 is 11.7. The average Bonchev–Trinajstić information content (AvgIpc) is 2.43. The van der Waals surface area contributed by atoms with Crippen LogP contribution in [0.4, 0.5) is 29.3 Å². The molecule has 0 bridgehead atoms. The van der Waals surface area contributed by atoms with E-state index in [-0.39, 0.29) is 21.4 Å². The van der Waals surface area contributed by atoms with Crippen LogP contribution in [0.2, 0.25) is 10.0 Å². The van der Waals surface area contributed by atoms with Crippen LogP contribution in [0, 0.1) is 0 Å². The molecule has 0 saturated heterocycles. The molecule has 0 aliphatic carbocycles. The zero-order valence-corrected chi connectivity index (χ0v) is 12.7. The molecule has 122 valence electrons. The lowest BCUT2D eigenvalue weighted by Gasteiger charge is -2.23. The van der Waals surface area contributed by atoms with Crippen molar-refractivity contribution < 1.29 is 23.1 Å². The second kappa shape index (κ2) is 6.17. The number of carbonyl (C=O) groups is 1. The van der Waals surface area contributed by atoms with Crippen LogP contribution in [0.25, 0.3) is 0 Å². The summed E-state index contributed by atoms with van der Waals surface area (Å²) < 4.78 is 38.6. The van der Waals surface area contributed by atoms with E-state index in [9.17, 15) is 23.1 Å². The van der Waals surface area contributed by atoms with E-state index in [1.165, 1.54) is 18.2 Å². The molecule has 0 heterocycles. The number of hydrogen-bond donors (Lipinski definition) is 2. The lowest BCUT2D eigenvalue weighted by molar-refractivity contribution is -0.137. The Hall–Kier alpha value is -2.12. The Kier molecular flexibility index (Phi) is 4.63. The molecule has 4 nitrogen and oxygen atoms in total. The number of amides is 2. The summed E-state index contributed by atoms with van der Waals surface area (Å²) in [6.45, 7) is 0. The van der Waals surface area contributed by atoms with E-state index in [0.717, 1.165) is 12.1 Å². The summed E-state index contributed by atoms with van der Waals surface area (Å²) in [6, 6.07) is 4.97. The van der Waals surface area contributed by atoms with Gasteiger partial charge in [-0.15, -0.1) is 0 Å². The van der Waals surface area contributed by atoms with Crippen LogP contribution in [0.3, 0.4) is 0 Å². The minimum atomic E-state index is -4.64. The van der Waals surface area contributed by atoms with Crippen molar-refractivity contribution in [3.05, 3.63) is 52.0 Å². The van der Waals surface area contributed by atoms with Gasteiger partial charge in [-0.2, -0.15) is 13.2 Å². The van der Waals surface area contributed by atoms with Gasteiger partial charge < -0.3 is 10.8 Å². The van der Waals surface area contributed by atoms with Crippen LogP contribution in [0.1, 0.15) is 5.56 Å². The highest BCUT2D eigenvalue weighted by molar-refractivity contribution is 6.34. The molecule has 0 radical (unpaired) electrons. The number of aromatic hydroxyl groups is 1. The molecular formula is C14H9Cl2F3N2O2. The largest absolute Gasteiger partial charge is 0.506 e. The minimum absolute atomic E-state index is 0.146. The summed E-state index contributed by atoms with van der Waals surface area (Å²) in [7, 11) is 0. The summed E-state index contributed by atoms with van der Waals surface area (Å²) in [5, 5.41) is 9.85. The number of primary amides is 1. The van der Waals surface area contributed by atoms with Gasteiger partial charge in [0.2, 0.25) is 0 Å². The number of alkyl halides is 3. The molecule has 3 N–H and O–H groups in total. The second-order valence-corrected chi connectivity index (χ2v) is 5.31. The van der Waals surface area contributed by atoms with Crippen molar-refractivity contribution in [2.75, 3.05) is 4.90 Å². The maximum absolute atomic E-state index is 12.9. The van der Waals surface area contributed by atoms with E-state index >= 15 is 0 Å². The third-order valence-corrected chi connectivity index (χ3v) is 3.47. The summed E-state index contributed by atoms with van der Waals surface area (Å²) in [5.41, 5.74) is 3.70. The number of halogens is 5. The first-order valence-electron chi connectivity index (χ1n) is 6.06. The molecule has 2 aromatic carbocycles. The Bertz CT molecular complexity index is 766. The Labute approximate surface area is 138 Å². The van der Waals surface area contributed by atoms with Gasteiger partial charge >= 0.3 is 12.2 Å². The molecule has 23 heavy (non-hydrogen) atoms. The second-order valence-electron chi connectivity index (χ2n) is 4.47. The van der Waals surface area contributed by atoms with E-state index in [0.29, 0.717) is 11.0 Å². The van der Waals surface area contributed by atoms with Gasteiger partial charge in [0, 0.05) is 5.02 Å². The highest BCUT2D eigenvalue weighted by Gasteiger charge is 2.32. The molecule has 0 spiro atoms. The van der Waals surface area contributed by atoms with Gasteiger partial charge in [-0.3, -0.25) is 4.90 Å². The lowest BCUT2D eigenvalue weighted by atomic mass is 10.1. The molecular weight excluding hydrogens is 356 g/mol. The van der Waals surface area contributed by atoms with Crippen molar-refractivity contribution in [2.24, 2.45) is 5.73 Å². The number of carbonyl (C=O) groups excluding carboxylic acids is 1. The van der Waals surface area contributed by atoms with E-state index in [4.69, 9.17) is 28.9 Å². The average molecular weight is 365 g/mol. The normalized spacial score (nSPS) is 11.3. The van der Waals surface area contributed by atoms with E-state index in [1.54, 1.807) is 0 Å². The molecule has 0 aliphatic rings. The fraction of sp³-hybridized carbons (Fsp3) is 0.0714. The predicted octanol–water partition coefficient (Wildman–Crippen LogP) is 4.93. The van der Waals surface area contributed by atoms with E-state index < -0.39 is 23.5 Å². The molecule has 0 fully saturated rings. The maximum atomic E-state index is 12.9. The van der Waals surface area contributed by atoms with Crippen LogP contribution >= 0.6 is 23.2 Å². The smallest absolute Gasteiger partial charge is 0.416 e. The van der Waals surface area contributed by atoms with Crippen LogP contribution in [0.15, 0.2) is 36.4 Å². The number of rotatable bonds is 2. The fourth-order valence-corrected chi connectivity index (χ4v) is 2.27. The highest BCUT2D eigenvalue weighted by Crippen LogP contribution is 2.41. The molecule has 0 unspecified atom stereocenters. The predicted molar refractivity (Wildman–Crippen MR) is 81.3 cm³/mol. The van der Waals surface area contributed by atoms with E-state index in [2.05, 4.69) is 0 Å². The van der Waals surface area contributed by atoms with Crippen molar-refractivity contribution >= 4 is 40.6 Å². The van der Waals surface area contributed by atoms with Crippen LogP contribution in [0.5, 0.6) is 5.75 Å². The lowest BCUT2D eigenvalue weighted by Crippen LogP contribution is -2.32. The van der Waals surface area contributed by atoms with Gasteiger partial charge in [0.1, 0.15) is 5.75 Å². The third-order valence-electron chi connectivity index (χ3n) is 2.91. The number of anilines is 2. The first-order valence-corrected chi connectivity index (χ1v) is 6.81. The maximum Gasteiger partial charge on any atom is 0.416 e. The molecule has 9 heteroatoms. The Morgan fingerprint density at radius 2 is 1.74 bits per heavy atom. The number of phenolic OH excluding ortho intramolecular Hbond substituents is 1. The molecule has 2 rings (SSSR count). The summed E-state index contributed by atoms with van der Waals surface area (Å²) in [5.74, 6) is -0.401. The van der Waals surface area contributed by atoms with Crippen LogP contribution < -0.4 is 10.6 Å². The first kappa shape index (κ1) is 17.2. The zero-order valence-electron chi connectivity index (χ0n) is 11.2. The van der Waals surface area contributed by atoms with Gasteiger partial charge in [-0.1, -0.05) is 23.2 Å². The molecule has 0 saturated carbocycles. The minimum Gasteiger partial charge on any atom is -0.506 e. The number of urea groups is 1. The van der Waals surface area contributed by atoms with Gasteiger partial charge in [-0.05, 0) is 36.4 Å². The van der Waals surface area contributed by atoms with Gasteiger partial charge in [0.15, 0.2) is 0 Å². The Morgan fingerprint density at radius 1 is 1.09 bits per heavy atom. The van der Waals surface area contributed by atoms with Crippen molar-refractivity contribution in [3.63, 3.8) is 0 Å². The van der Waals surface area contributed by atoms with Crippen molar-refractivity contribution in [2.45, 2.75) is 6.18 Å². The number of nitrogens with two attached hydrogens (primary N) is 1. The number of phenols is 1. The first-order chi connectivity index (χ1) is 10.6. The SMILES string of the molecule is NC(=O)N(c1cc(Cl)ccc1O)c1cc(C(F)(F)F)ccc1Cl. The zero-order chi connectivity index (χ0) is 17.4. The molecule has 0 aromatic heterocycles. The van der Waals surface area contributed by atoms with Crippen molar-refractivity contribution in [3.8, 4) is 5.75 Å². The molecule has 0 aliphatic heterocycles. The van der Waals surface area contributed by atoms with E-state index in [1.807, 2.05) is 0 Å². The van der Waals surface area contributed by atoms with Gasteiger partial charge in [0.25, 0.3) is 0 Å².